The van der Waals surface area contributed by atoms with E-state index in [9.17, 15) is 14.4 Å². The molecule has 33 heavy (non-hydrogen) atoms. The number of hydrogen-bond donors (Lipinski definition) is 4. The molecule has 0 saturated heterocycles. The number of rotatable bonds is 10. The monoisotopic (exact) mass is 454 g/mol. The van der Waals surface area contributed by atoms with Crippen molar-refractivity contribution in [2.45, 2.75) is 34.2 Å². The summed E-state index contributed by atoms with van der Waals surface area (Å²) in [6.45, 7) is 7.14. The number of ether oxygens (including phenoxy) is 2. The minimum Gasteiger partial charge on any atom is -0.482 e. The lowest BCUT2D eigenvalue weighted by Crippen LogP contribution is -2.24. The SMILES string of the molecule is CCOC(=O)COc1cc(C(=N)N)ccc1CNC(=O)c1cc(C)cc(NC(=O)C(C)C)c1. The first-order chi connectivity index (χ1) is 15.6. The van der Waals surface area contributed by atoms with Gasteiger partial charge in [0.1, 0.15) is 11.6 Å². The minimum atomic E-state index is -0.531. The molecule has 0 aliphatic heterocycles. The Kier molecular flexibility index (Phi) is 8.97. The summed E-state index contributed by atoms with van der Waals surface area (Å²) < 4.78 is 10.4. The average Bonchev–Trinajstić information content (AvgIpc) is 2.75. The van der Waals surface area contributed by atoms with E-state index < -0.39 is 5.97 Å². The summed E-state index contributed by atoms with van der Waals surface area (Å²) in [5, 5.41) is 13.2. The molecule has 9 heteroatoms. The zero-order valence-corrected chi connectivity index (χ0v) is 19.3. The second kappa shape index (κ2) is 11.7. The number of esters is 1. The van der Waals surface area contributed by atoms with Gasteiger partial charge in [0.25, 0.3) is 5.91 Å². The zero-order chi connectivity index (χ0) is 24.5. The van der Waals surface area contributed by atoms with Crippen molar-refractivity contribution in [1.29, 1.82) is 5.41 Å². The maximum atomic E-state index is 12.8. The van der Waals surface area contributed by atoms with Crippen LogP contribution in [0.5, 0.6) is 5.75 Å². The summed E-state index contributed by atoms with van der Waals surface area (Å²) in [4.78, 5) is 36.4. The van der Waals surface area contributed by atoms with Crippen LogP contribution in [0.15, 0.2) is 36.4 Å². The summed E-state index contributed by atoms with van der Waals surface area (Å²) in [6.07, 6.45) is 0. The number of amides is 2. The van der Waals surface area contributed by atoms with E-state index in [2.05, 4.69) is 10.6 Å². The molecule has 0 bridgehead atoms. The minimum absolute atomic E-state index is 0.108. The van der Waals surface area contributed by atoms with Gasteiger partial charge in [-0.3, -0.25) is 15.0 Å². The number of carbonyl (C=O) groups excluding carboxylic acids is 3. The number of carbonyl (C=O) groups is 3. The van der Waals surface area contributed by atoms with Gasteiger partial charge in [-0.15, -0.1) is 0 Å². The topological polar surface area (TPSA) is 144 Å². The quantitative estimate of drug-likeness (QED) is 0.247. The Morgan fingerprint density at radius 3 is 2.45 bits per heavy atom. The highest BCUT2D eigenvalue weighted by atomic mass is 16.6. The summed E-state index contributed by atoms with van der Waals surface area (Å²) in [5.74, 6) is -1.04. The second-order valence-electron chi connectivity index (χ2n) is 7.74. The number of benzene rings is 2. The van der Waals surface area contributed by atoms with E-state index in [1.165, 1.54) is 6.07 Å². The van der Waals surface area contributed by atoms with Gasteiger partial charge < -0.3 is 25.8 Å². The maximum absolute atomic E-state index is 12.8. The molecule has 0 spiro atoms. The number of nitrogens with two attached hydrogens (primary N) is 1. The van der Waals surface area contributed by atoms with Crippen molar-refractivity contribution in [1.82, 2.24) is 5.32 Å². The van der Waals surface area contributed by atoms with Crippen molar-refractivity contribution in [3.05, 3.63) is 58.7 Å². The molecule has 0 unspecified atom stereocenters. The average molecular weight is 455 g/mol. The Bertz CT molecular complexity index is 1050. The largest absolute Gasteiger partial charge is 0.482 e. The Morgan fingerprint density at radius 2 is 1.82 bits per heavy atom. The van der Waals surface area contributed by atoms with E-state index in [-0.39, 0.29) is 43.3 Å². The van der Waals surface area contributed by atoms with E-state index in [0.717, 1.165) is 5.56 Å². The number of hydrogen-bond acceptors (Lipinski definition) is 6. The van der Waals surface area contributed by atoms with E-state index in [4.69, 9.17) is 20.6 Å². The molecule has 9 nitrogen and oxygen atoms in total. The highest BCUT2D eigenvalue weighted by molar-refractivity contribution is 5.98. The summed E-state index contributed by atoms with van der Waals surface area (Å²) >= 11 is 0. The number of nitrogen functional groups attached to an aromatic ring is 1. The van der Waals surface area contributed by atoms with Gasteiger partial charge in [0.05, 0.1) is 6.61 Å². The molecule has 0 aliphatic rings. The summed E-state index contributed by atoms with van der Waals surface area (Å²) in [6, 6.07) is 9.96. The third kappa shape index (κ3) is 7.64. The van der Waals surface area contributed by atoms with E-state index in [1.807, 2.05) is 6.92 Å². The first-order valence-electron chi connectivity index (χ1n) is 10.6. The van der Waals surface area contributed by atoms with Crippen LogP contribution in [-0.2, 0) is 20.9 Å². The molecule has 0 aliphatic carbocycles. The first-order valence-corrected chi connectivity index (χ1v) is 10.6. The highest BCUT2D eigenvalue weighted by Gasteiger charge is 2.14. The van der Waals surface area contributed by atoms with Crippen molar-refractivity contribution in [2.75, 3.05) is 18.5 Å². The van der Waals surface area contributed by atoms with E-state index in [0.29, 0.717) is 28.1 Å². The molecule has 0 saturated carbocycles. The van der Waals surface area contributed by atoms with Gasteiger partial charge in [-0.1, -0.05) is 26.0 Å². The molecule has 5 N–H and O–H groups in total. The Balaban J connectivity index is 2.16. The number of anilines is 1. The lowest BCUT2D eigenvalue weighted by atomic mass is 10.1. The molecule has 0 fully saturated rings. The molecule has 0 radical (unpaired) electrons. The first kappa shape index (κ1) is 25.4. The van der Waals surface area contributed by atoms with Gasteiger partial charge in [-0.05, 0) is 43.7 Å². The lowest BCUT2D eigenvalue weighted by molar-refractivity contribution is -0.145. The Morgan fingerprint density at radius 1 is 1.09 bits per heavy atom. The molecule has 0 aromatic heterocycles. The fourth-order valence-corrected chi connectivity index (χ4v) is 2.89. The van der Waals surface area contributed by atoms with Crippen LogP contribution in [0.25, 0.3) is 0 Å². The van der Waals surface area contributed by atoms with Gasteiger partial charge in [-0.2, -0.15) is 0 Å². The highest BCUT2D eigenvalue weighted by Crippen LogP contribution is 2.21. The van der Waals surface area contributed by atoms with Crippen LogP contribution in [0.3, 0.4) is 0 Å². The molecule has 0 heterocycles. The van der Waals surface area contributed by atoms with Crippen LogP contribution in [0.1, 0.15) is 47.8 Å². The van der Waals surface area contributed by atoms with Crippen molar-refractivity contribution in [3.63, 3.8) is 0 Å². The third-order valence-electron chi connectivity index (χ3n) is 4.60. The van der Waals surface area contributed by atoms with Gasteiger partial charge in [-0.25, -0.2) is 4.79 Å². The van der Waals surface area contributed by atoms with Gasteiger partial charge in [0, 0.05) is 34.8 Å². The molecular formula is C24H30N4O5. The molecule has 2 rings (SSSR count). The molecule has 2 aromatic rings. The second-order valence-corrected chi connectivity index (χ2v) is 7.74. The van der Waals surface area contributed by atoms with Crippen LogP contribution in [0.2, 0.25) is 0 Å². The number of nitrogens with one attached hydrogen (secondary N) is 3. The fourth-order valence-electron chi connectivity index (χ4n) is 2.89. The molecule has 2 amide bonds. The maximum Gasteiger partial charge on any atom is 0.344 e. The smallest absolute Gasteiger partial charge is 0.344 e. The van der Waals surface area contributed by atoms with Crippen LogP contribution in [-0.4, -0.2) is 36.8 Å². The fraction of sp³-hybridized carbons (Fsp3) is 0.333. The predicted octanol–water partition coefficient (Wildman–Crippen LogP) is 2.75. The molecular weight excluding hydrogens is 424 g/mol. The standard InChI is InChI=1S/C24H30N4O5/c1-5-32-21(29)13-33-20-11-16(22(25)26)6-7-17(20)12-27-24(31)18-8-15(4)9-19(10-18)28-23(30)14(2)3/h6-11,14H,5,12-13H2,1-4H3,(H3,25,26)(H,27,31)(H,28,30). The summed E-state index contributed by atoms with van der Waals surface area (Å²) in [5.41, 5.74) is 8.33. The van der Waals surface area contributed by atoms with Crippen molar-refractivity contribution in [3.8, 4) is 5.75 Å². The Hall–Kier alpha value is -3.88. The predicted molar refractivity (Wildman–Crippen MR) is 125 cm³/mol. The molecule has 176 valence electrons. The molecule has 2 aromatic carbocycles. The lowest BCUT2D eigenvalue weighted by Gasteiger charge is -2.14. The zero-order valence-electron chi connectivity index (χ0n) is 19.3. The third-order valence-corrected chi connectivity index (χ3v) is 4.60. The van der Waals surface area contributed by atoms with Crippen molar-refractivity contribution in [2.24, 2.45) is 11.7 Å². The molecule has 0 atom stereocenters. The van der Waals surface area contributed by atoms with Gasteiger partial charge in [0.15, 0.2) is 6.61 Å². The Labute approximate surface area is 193 Å². The van der Waals surface area contributed by atoms with Gasteiger partial charge >= 0.3 is 5.97 Å². The van der Waals surface area contributed by atoms with Crippen molar-refractivity contribution >= 4 is 29.3 Å². The van der Waals surface area contributed by atoms with E-state index >= 15 is 0 Å². The normalized spacial score (nSPS) is 10.5. The van der Waals surface area contributed by atoms with E-state index in [1.54, 1.807) is 51.1 Å². The van der Waals surface area contributed by atoms with Gasteiger partial charge in [0.2, 0.25) is 5.91 Å². The van der Waals surface area contributed by atoms with Crippen LogP contribution in [0.4, 0.5) is 5.69 Å². The van der Waals surface area contributed by atoms with Crippen molar-refractivity contribution < 1.29 is 23.9 Å². The number of aryl methyl sites for hydroxylation is 1. The summed E-state index contributed by atoms with van der Waals surface area (Å²) in [7, 11) is 0. The van der Waals surface area contributed by atoms with Crippen LogP contribution < -0.4 is 21.1 Å². The van der Waals surface area contributed by atoms with Crippen LogP contribution >= 0.6 is 0 Å². The number of amidine groups is 1. The van der Waals surface area contributed by atoms with Crippen LogP contribution in [0, 0.1) is 18.3 Å².